The lowest BCUT2D eigenvalue weighted by molar-refractivity contribution is 0.139. The third-order valence-electron chi connectivity index (χ3n) is 2.58. The highest BCUT2D eigenvalue weighted by Crippen LogP contribution is 2.01. The maximum atomic E-state index is 11.5. The smallest absolute Gasteiger partial charge is 0.407 e. The van der Waals surface area contributed by atoms with Gasteiger partial charge in [-0.25, -0.2) is 4.79 Å². The molecule has 0 unspecified atom stereocenters. The van der Waals surface area contributed by atoms with Crippen molar-refractivity contribution in [2.45, 2.75) is 13.2 Å². The first-order chi connectivity index (χ1) is 9.16. The maximum absolute atomic E-state index is 11.5. The number of rotatable bonds is 4. The summed E-state index contributed by atoms with van der Waals surface area (Å²) in [6.07, 6.45) is -0.488. The van der Waals surface area contributed by atoms with Gasteiger partial charge in [0.25, 0.3) is 0 Å². The van der Waals surface area contributed by atoms with Crippen molar-refractivity contribution < 1.29 is 9.53 Å². The minimum atomic E-state index is -0.488. The minimum Gasteiger partial charge on any atom is -0.445 e. The minimum absolute atomic E-state index is 0.242. The average molecular weight is 278 g/mol. The normalized spacial score (nSPS) is 10.2. The standard InChI is InChI=1S/C12H14N4O2S/c1-16-10(14-15-11(16)19)7-13-12(17)18-8-9-5-3-2-4-6-9/h2-6H,7-8H2,1H3,(H,13,17)(H,15,19). The van der Waals surface area contributed by atoms with Crippen LogP contribution in [0.5, 0.6) is 0 Å². The third-order valence-corrected chi connectivity index (χ3v) is 2.94. The molecule has 1 aromatic carbocycles. The lowest BCUT2D eigenvalue weighted by Gasteiger charge is -2.06. The second-order valence-corrected chi connectivity index (χ2v) is 4.31. The Morgan fingerprint density at radius 2 is 2.21 bits per heavy atom. The van der Waals surface area contributed by atoms with Crippen molar-refractivity contribution in [2.24, 2.45) is 7.05 Å². The van der Waals surface area contributed by atoms with Gasteiger partial charge in [-0.3, -0.25) is 5.10 Å². The molecule has 1 amide bonds. The van der Waals surface area contributed by atoms with Crippen LogP contribution < -0.4 is 5.32 Å². The van der Waals surface area contributed by atoms with E-state index in [4.69, 9.17) is 17.0 Å². The van der Waals surface area contributed by atoms with Gasteiger partial charge < -0.3 is 14.6 Å². The summed E-state index contributed by atoms with van der Waals surface area (Å²) in [6.45, 7) is 0.503. The van der Waals surface area contributed by atoms with Crippen LogP contribution in [0.15, 0.2) is 30.3 Å². The Hall–Kier alpha value is -2.15. The van der Waals surface area contributed by atoms with Crippen molar-refractivity contribution >= 4 is 18.3 Å². The molecule has 0 spiro atoms. The lowest BCUT2D eigenvalue weighted by Crippen LogP contribution is -2.25. The molecule has 100 valence electrons. The Morgan fingerprint density at radius 3 is 2.84 bits per heavy atom. The van der Waals surface area contributed by atoms with Gasteiger partial charge in [-0.2, -0.15) is 5.10 Å². The fraction of sp³-hybridized carbons (Fsp3) is 0.250. The van der Waals surface area contributed by atoms with E-state index in [-0.39, 0.29) is 13.2 Å². The highest BCUT2D eigenvalue weighted by Gasteiger charge is 2.06. The summed E-state index contributed by atoms with van der Waals surface area (Å²) < 4.78 is 7.27. The summed E-state index contributed by atoms with van der Waals surface area (Å²) in [6, 6.07) is 9.49. The van der Waals surface area contributed by atoms with Crippen LogP contribution in [0.1, 0.15) is 11.4 Å². The summed E-state index contributed by atoms with van der Waals surface area (Å²) in [5, 5.41) is 9.24. The van der Waals surface area contributed by atoms with Crippen LogP contribution in [0.25, 0.3) is 0 Å². The number of aromatic amines is 1. The van der Waals surface area contributed by atoms with E-state index in [2.05, 4.69) is 15.5 Å². The Bertz CT molecular complexity index is 606. The van der Waals surface area contributed by atoms with Crippen LogP contribution >= 0.6 is 12.2 Å². The first kappa shape index (κ1) is 13.3. The van der Waals surface area contributed by atoms with Crippen LogP contribution in [0.4, 0.5) is 4.79 Å². The number of ether oxygens (including phenoxy) is 1. The van der Waals surface area contributed by atoms with Crippen molar-refractivity contribution in [2.75, 3.05) is 0 Å². The van der Waals surface area contributed by atoms with Gasteiger partial charge >= 0.3 is 6.09 Å². The van der Waals surface area contributed by atoms with E-state index < -0.39 is 6.09 Å². The van der Waals surface area contributed by atoms with Crippen LogP contribution in [0.2, 0.25) is 0 Å². The molecule has 0 saturated carbocycles. The van der Waals surface area contributed by atoms with Crippen LogP contribution in [-0.2, 0) is 24.9 Å². The second kappa shape index (κ2) is 6.14. The molecule has 0 atom stereocenters. The number of H-pyrrole nitrogens is 1. The monoisotopic (exact) mass is 278 g/mol. The van der Waals surface area contributed by atoms with E-state index in [9.17, 15) is 4.79 Å². The Labute approximate surface area is 115 Å². The summed E-state index contributed by atoms with van der Waals surface area (Å²) in [5.41, 5.74) is 0.941. The molecule has 2 aromatic rings. The van der Waals surface area contributed by atoms with Crippen molar-refractivity contribution in [1.82, 2.24) is 20.1 Å². The molecule has 0 bridgehead atoms. The molecule has 0 aliphatic carbocycles. The molecular formula is C12H14N4O2S. The van der Waals surface area contributed by atoms with Crippen molar-refractivity contribution in [3.05, 3.63) is 46.5 Å². The molecule has 0 saturated heterocycles. The predicted octanol–water partition coefficient (Wildman–Crippen LogP) is 1.90. The SMILES string of the molecule is Cn1c(CNC(=O)OCc2ccccc2)n[nH]c1=S. The number of nitrogens with one attached hydrogen (secondary N) is 2. The maximum Gasteiger partial charge on any atom is 0.407 e. The zero-order valence-corrected chi connectivity index (χ0v) is 11.2. The van der Waals surface area contributed by atoms with Gasteiger partial charge in [0.2, 0.25) is 0 Å². The van der Waals surface area contributed by atoms with Gasteiger partial charge in [0.05, 0.1) is 6.54 Å². The number of benzene rings is 1. The van der Waals surface area contributed by atoms with E-state index in [0.29, 0.717) is 10.6 Å². The highest BCUT2D eigenvalue weighted by atomic mass is 32.1. The molecule has 6 nitrogen and oxygen atoms in total. The first-order valence-corrected chi connectivity index (χ1v) is 6.12. The zero-order chi connectivity index (χ0) is 13.7. The van der Waals surface area contributed by atoms with Crippen molar-refractivity contribution in [3.8, 4) is 0 Å². The van der Waals surface area contributed by atoms with Gasteiger partial charge in [-0.1, -0.05) is 30.3 Å². The predicted molar refractivity (Wildman–Crippen MR) is 71.9 cm³/mol. The van der Waals surface area contributed by atoms with E-state index in [1.54, 1.807) is 11.6 Å². The Balaban J connectivity index is 1.79. The molecular weight excluding hydrogens is 264 g/mol. The van der Waals surface area contributed by atoms with Crippen LogP contribution in [0, 0.1) is 4.77 Å². The molecule has 2 rings (SSSR count). The molecule has 0 fully saturated rings. The number of amides is 1. The zero-order valence-electron chi connectivity index (χ0n) is 10.4. The van der Waals surface area contributed by atoms with Crippen molar-refractivity contribution in [3.63, 3.8) is 0 Å². The molecule has 0 radical (unpaired) electrons. The molecule has 0 aliphatic rings. The topological polar surface area (TPSA) is 71.9 Å². The van der Waals surface area contributed by atoms with Crippen molar-refractivity contribution in [1.29, 1.82) is 0 Å². The van der Waals surface area contributed by atoms with Crippen LogP contribution in [0.3, 0.4) is 0 Å². The average Bonchev–Trinajstić information content (AvgIpc) is 2.75. The number of hydrogen-bond acceptors (Lipinski definition) is 4. The number of carbonyl (C=O) groups is 1. The Morgan fingerprint density at radius 1 is 1.47 bits per heavy atom. The van der Waals surface area contributed by atoms with Gasteiger partial charge in [-0.05, 0) is 17.8 Å². The number of hydrogen-bond donors (Lipinski definition) is 2. The third kappa shape index (κ3) is 3.65. The fourth-order valence-corrected chi connectivity index (χ4v) is 1.61. The fourth-order valence-electron chi connectivity index (χ4n) is 1.46. The summed E-state index contributed by atoms with van der Waals surface area (Å²) >= 11 is 4.97. The molecule has 2 N–H and O–H groups in total. The van der Waals surface area contributed by atoms with E-state index >= 15 is 0 Å². The van der Waals surface area contributed by atoms with Gasteiger partial charge in [0.1, 0.15) is 6.61 Å². The summed E-state index contributed by atoms with van der Waals surface area (Å²) in [4.78, 5) is 11.5. The van der Waals surface area contributed by atoms with E-state index in [1.165, 1.54) is 0 Å². The van der Waals surface area contributed by atoms with Gasteiger partial charge in [-0.15, -0.1) is 0 Å². The lowest BCUT2D eigenvalue weighted by atomic mass is 10.2. The molecule has 19 heavy (non-hydrogen) atoms. The number of alkyl carbamates (subject to hydrolysis) is 1. The molecule has 1 heterocycles. The number of nitrogens with zero attached hydrogens (tertiary/aromatic N) is 2. The quantitative estimate of drug-likeness (QED) is 0.838. The highest BCUT2D eigenvalue weighted by molar-refractivity contribution is 7.71. The van der Waals surface area contributed by atoms with E-state index in [0.717, 1.165) is 5.56 Å². The second-order valence-electron chi connectivity index (χ2n) is 3.92. The molecule has 0 aliphatic heterocycles. The van der Waals surface area contributed by atoms with Gasteiger partial charge in [0.15, 0.2) is 10.6 Å². The summed E-state index contributed by atoms with van der Waals surface area (Å²) in [7, 11) is 1.78. The summed E-state index contributed by atoms with van der Waals surface area (Å²) in [5.74, 6) is 0.640. The van der Waals surface area contributed by atoms with Crippen LogP contribution in [-0.4, -0.2) is 20.9 Å². The molecule has 1 aromatic heterocycles. The number of aromatic nitrogens is 3. The van der Waals surface area contributed by atoms with E-state index in [1.807, 2.05) is 30.3 Å². The molecule has 7 heteroatoms. The Kier molecular flexibility index (Phi) is 4.30. The largest absolute Gasteiger partial charge is 0.445 e. The number of carbonyl (C=O) groups excluding carboxylic acids is 1. The first-order valence-electron chi connectivity index (χ1n) is 5.71. The van der Waals surface area contributed by atoms with Gasteiger partial charge in [0, 0.05) is 7.05 Å².